The van der Waals surface area contributed by atoms with Crippen molar-refractivity contribution in [2.45, 2.75) is 44.7 Å². The molecular formula is C17H27N3O2. The number of anilines is 2. The van der Waals surface area contributed by atoms with Gasteiger partial charge in [-0.2, -0.15) is 0 Å². The van der Waals surface area contributed by atoms with Gasteiger partial charge in [-0.1, -0.05) is 25.0 Å². The lowest BCUT2D eigenvalue weighted by Crippen LogP contribution is -2.40. The van der Waals surface area contributed by atoms with E-state index in [9.17, 15) is 9.90 Å². The van der Waals surface area contributed by atoms with Gasteiger partial charge in [0.15, 0.2) is 0 Å². The molecule has 0 aliphatic heterocycles. The summed E-state index contributed by atoms with van der Waals surface area (Å²) in [4.78, 5) is 16.1. The molecule has 122 valence electrons. The summed E-state index contributed by atoms with van der Waals surface area (Å²) in [6.45, 7) is 1.77. The van der Waals surface area contributed by atoms with Crippen molar-refractivity contribution in [1.82, 2.24) is 4.90 Å². The van der Waals surface area contributed by atoms with Crippen LogP contribution in [0.15, 0.2) is 24.3 Å². The molecule has 1 atom stereocenters. The molecule has 5 nitrogen and oxygen atoms in total. The molecule has 2 N–H and O–H groups in total. The lowest BCUT2D eigenvalue weighted by atomic mass is 10.1. The first-order valence-electron chi connectivity index (χ1n) is 8.01. The number of carbonyl (C=O) groups is 1. The minimum atomic E-state index is -0.209. The minimum Gasteiger partial charge on any atom is -0.394 e. The van der Waals surface area contributed by atoms with E-state index in [4.69, 9.17) is 0 Å². The highest BCUT2D eigenvalue weighted by Gasteiger charge is 2.22. The normalized spacial score (nSPS) is 16.4. The number of benzene rings is 1. The molecule has 0 bridgehead atoms. The summed E-state index contributed by atoms with van der Waals surface area (Å²) < 4.78 is 0. The summed E-state index contributed by atoms with van der Waals surface area (Å²) in [7, 11) is 3.79. The number of aliphatic hydroxyl groups excluding tert-OH is 1. The molecule has 1 aliphatic rings. The fourth-order valence-corrected chi connectivity index (χ4v) is 2.90. The molecule has 0 aromatic heterocycles. The van der Waals surface area contributed by atoms with Crippen LogP contribution >= 0.6 is 0 Å². The second kappa shape index (κ2) is 7.49. The van der Waals surface area contributed by atoms with E-state index in [1.54, 1.807) is 7.05 Å². The zero-order valence-corrected chi connectivity index (χ0v) is 13.7. The lowest BCUT2D eigenvalue weighted by Gasteiger charge is -2.30. The summed E-state index contributed by atoms with van der Waals surface area (Å²) in [5.41, 5.74) is 1.87. The number of urea groups is 1. The van der Waals surface area contributed by atoms with Crippen LogP contribution in [0.3, 0.4) is 0 Å². The van der Waals surface area contributed by atoms with Crippen LogP contribution < -0.4 is 10.2 Å². The van der Waals surface area contributed by atoms with Gasteiger partial charge in [-0.3, -0.25) is 0 Å². The number of likely N-dealkylation sites (N-methyl/N-ethyl adjacent to an activating group) is 1. The third kappa shape index (κ3) is 3.71. The van der Waals surface area contributed by atoms with Gasteiger partial charge in [0.25, 0.3) is 0 Å². The van der Waals surface area contributed by atoms with E-state index in [2.05, 4.69) is 17.3 Å². The molecule has 1 aromatic carbocycles. The highest BCUT2D eigenvalue weighted by atomic mass is 16.3. The Morgan fingerprint density at radius 2 is 1.95 bits per heavy atom. The van der Waals surface area contributed by atoms with Crippen molar-refractivity contribution in [3.05, 3.63) is 24.3 Å². The number of nitrogens with zero attached hydrogens (tertiary/aromatic N) is 2. The fourth-order valence-electron chi connectivity index (χ4n) is 2.90. The second-order valence-corrected chi connectivity index (χ2v) is 6.14. The maximum absolute atomic E-state index is 12.3. The van der Waals surface area contributed by atoms with E-state index in [1.807, 2.05) is 31.2 Å². The molecule has 1 aromatic rings. The molecule has 2 amide bonds. The first kappa shape index (κ1) is 16.6. The van der Waals surface area contributed by atoms with Crippen LogP contribution in [0, 0.1) is 0 Å². The Hall–Kier alpha value is -1.75. The van der Waals surface area contributed by atoms with Gasteiger partial charge in [-0.25, -0.2) is 4.79 Å². The molecular weight excluding hydrogens is 278 g/mol. The second-order valence-electron chi connectivity index (χ2n) is 6.14. The fraction of sp³-hybridized carbons (Fsp3) is 0.588. The Labute approximate surface area is 132 Å². The maximum atomic E-state index is 12.3. The number of para-hydroxylation sites is 2. The van der Waals surface area contributed by atoms with Gasteiger partial charge in [0.1, 0.15) is 0 Å². The minimum absolute atomic E-state index is 0.0481. The predicted molar refractivity (Wildman–Crippen MR) is 90.4 cm³/mol. The molecule has 0 heterocycles. The Kier molecular flexibility index (Phi) is 5.66. The smallest absolute Gasteiger partial charge is 0.321 e. The van der Waals surface area contributed by atoms with E-state index < -0.39 is 0 Å². The Morgan fingerprint density at radius 1 is 1.32 bits per heavy atom. The molecule has 0 spiro atoms. The lowest BCUT2D eigenvalue weighted by molar-refractivity contribution is 0.166. The van der Waals surface area contributed by atoms with Gasteiger partial charge >= 0.3 is 6.03 Å². The first-order chi connectivity index (χ1) is 10.5. The molecule has 2 rings (SSSR count). The SMILES string of the molecule is CC(CO)N(C)C(=O)Nc1ccccc1N(C)C1CCCC1. The zero-order chi connectivity index (χ0) is 16.1. The molecule has 22 heavy (non-hydrogen) atoms. The third-order valence-corrected chi connectivity index (χ3v) is 4.64. The Balaban J connectivity index is 2.12. The monoisotopic (exact) mass is 305 g/mol. The molecule has 1 fully saturated rings. The van der Waals surface area contributed by atoms with Crippen molar-refractivity contribution in [2.75, 3.05) is 30.9 Å². The largest absolute Gasteiger partial charge is 0.394 e. The van der Waals surface area contributed by atoms with Crippen LogP contribution in [0.4, 0.5) is 16.2 Å². The van der Waals surface area contributed by atoms with Crippen molar-refractivity contribution in [1.29, 1.82) is 0 Å². The average molecular weight is 305 g/mol. The highest BCUT2D eigenvalue weighted by Crippen LogP contribution is 2.31. The van der Waals surface area contributed by atoms with Crippen LogP contribution in [0.2, 0.25) is 0 Å². The van der Waals surface area contributed by atoms with Crippen LogP contribution in [0.5, 0.6) is 0 Å². The highest BCUT2D eigenvalue weighted by molar-refractivity contribution is 5.93. The van der Waals surface area contributed by atoms with Gasteiger partial charge in [0.2, 0.25) is 0 Å². The van der Waals surface area contributed by atoms with E-state index in [1.165, 1.54) is 30.6 Å². The van der Waals surface area contributed by atoms with Crippen molar-refractivity contribution >= 4 is 17.4 Å². The molecule has 1 saturated carbocycles. The maximum Gasteiger partial charge on any atom is 0.321 e. The number of aliphatic hydroxyl groups is 1. The van der Waals surface area contributed by atoms with Gasteiger partial charge in [0, 0.05) is 20.1 Å². The number of carbonyl (C=O) groups excluding carboxylic acids is 1. The quantitative estimate of drug-likeness (QED) is 0.879. The van der Waals surface area contributed by atoms with Crippen LogP contribution in [-0.4, -0.2) is 48.8 Å². The summed E-state index contributed by atoms with van der Waals surface area (Å²) in [6.07, 6.45) is 4.97. The Morgan fingerprint density at radius 3 is 2.59 bits per heavy atom. The standard InChI is InChI=1S/C17H27N3O2/c1-13(12-21)19(2)17(22)18-15-10-6-7-11-16(15)20(3)14-8-4-5-9-14/h6-7,10-11,13-14,21H,4-5,8-9,12H2,1-3H3,(H,18,22). The molecule has 5 heteroatoms. The number of rotatable bonds is 5. The molecule has 0 saturated heterocycles. The number of hydrogen-bond acceptors (Lipinski definition) is 3. The van der Waals surface area contributed by atoms with E-state index in [0.29, 0.717) is 6.04 Å². The van der Waals surface area contributed by atoms with Gasteiger partial charge in [0.05, 0.1) is 24.0 Å². The molecule has 1 aliphatic carbocycles. The number of nitrogens with one attached hydrogen (secondary N) is 1. The van der Waals surface area contributed by atoms with E-state index >= 15 is 0 Å². The zero-order valence-electron chi connectivity index (χ0n) is 13.7. The molecule has 1 unspecified atom stereocenters. The average Bonchev–Trinajstić information content (AvgIpc) is 3.07. The van der Waals surface area contributed by atoms with Crippen molar-refractivity contribution < 1.29 is 9.90 Å². The third-order valence-electron chi connectivity index (χ3n) is 4.64. The Bertz CT molecular complexity index is 500. The van der Waals surface area contributed by atoms with Gasteiger partial charge in [-0.15, -0.1) is 0 Å². The van der Waals surface area contributed by atoms with Crippen LogP contribution in [0.25, 0.3) is 0 Å². The topological polar surface area (TPSA) is 55.8 Å². The summed E-state index contributed by atoms with van der Waals surface area (Å²) >= 11 is 0. The van der Waals surface area contributed by atoms with E-state index in [0.717, 1.165) is 11.4 Å². The summed E-state index contributed by atoms with van der Waals surface area (Å²) in [6, 6.07) is 8.04. The van der Waals surface area contributed by atoms with Crippen molar-refractivity contribution in [3.8, 4) is 0 Å². The number of amides is 2. The first-order valence-corrected chi connectivity index (χ1v) is 8.01. The van der Waals surface area contributed by atoms with Crippen molar-refractivity contribution in [2.24, 2.45) is 0 Å². The summed E-state index contributed by atoms with van der Waals surface area (Å²) in [5, 5.41) is 12.1. The summed E-state index contributed by atoms with van der Waals surface area (Å²) in [5.74, 6) is 0. The van der Waals surface area contributed by atoms with Crippen LogP contribution in [-0.2, 0) is 0 Å². The van der Waals surface area contributed by atoms with Gasteiger partial charge < -0.3 is 20.2 Å². The van der Waals surface area contributed by atoms with Crippen LogP contribution in [0.1, 0.15) is 32.6 Å². The predicted octanol–water partition coefficient (Wildman–Crippen LogP) is 2.91. The number of hydrogen-bond donors (Lipinski definition) is 2. The molecule has 0 radical (unpaired) electrons. The van der Waals surface area contributed by atoms with E-state index in [-0.39, 0.29) is 18.7 Å². The van der Waals surface area contributed by atoms with Crippen molar-refractivity contribution in [3.63, 3.8) is 0 Å². The van der Waals surface area contributed by atoms with Gasteiger partial charge in [-0.05, 0) is 31.9 Å².